The summed E-state index contributed by atoms with van der Waals surface area (Å²) in [6, 6.07) is 1.35. The molecule has 0 amide bonds. The quantitative estimate of drug-likeness (QED) is 0.763. The molecule has 1 aromatic heterocycles. The van der Waals surface area contributed by atoms with Gasteiger partial charge in [-0.2, -0.15) is 4.31 Å². The summed E-state index contributed by atoms with van der Waals surface area (Å²) in [5.74, 6) is -0.784. The third-order valence-corrected chi connectivity index (χ3v) is 6.87. The first kappa shape index (κ1) is 17.0. The lowest BCUT2D eigenvalue weighted by molar-refractivity contribution is -0.149. The molecule has 1 atom stereocenters. The van der Waals surface area contributed by atoms with Crippen LogP contribution < -0.4 is 0 Å². The number of carbonyl (C=O) groups excluding carboxylic acids is 1. The van der Waals surface area contributed by atoms with Crippen LogP contribution in [0.4, 0.5) is 0 Å². The molecule has 1 aliphatic heterocycles. The van der Waals surface area contributed by atoms with Gasteiger partial charge in [-0.3, -0.25) is 4.79 Å². The Kier molecular flexibility index (Phi) is 5.54. The van der Waals surface area contributed by atoms with Crippen LogP contribution in [0.25, 0.3) is 0 Å². The first-order valence-corrected chi connectivity index (χ1v) is 9.49. The molecule has 1 saturated heterocycles. The van der Waals surface area contributed by atoms with Gasteiger partial charge < -0.3 is 4.74 Å². The molecule has 0 saturated carbocycles. The highest BCUT2D eigenvalue weighted by Crippen LogP contribution is 2.36. The predicted octanol–water partition coefficient (Wildman–Crippen LogP) is 3.02. The molecule has 0 radical (unpaired) electrons. The van der Waals surface area contributed by atoms with Crippen molar-refractivity contribution in [3.63, 3.8) is 0 Å². The van der Waals surface area contributed by atoms with E-state index in [0.29, 0.717) is 23.7 Å². The molecule has 1 aliphatic rings. The number of ether oxygens (including phenoxy) is 1. The number of hydrogen-bond acceptors (Lipinski definition) is 5. The molecule has 2 rings (SSSR count). The highest BCUT2D eigenvalue weighted by Gasteiger charge is 2.35. The summed E-state index contributed by atoms with van der Waals surface area (Å²) in [5, 5.41) is 0. The Bertz CT molecular complexity index is 629. The molecular weight excluding hydrogens is 357 g/mol. The largest absolute Gasteiger partial charge is 0.466 e. The molecule has 0 N–H and O–H groups in total. The van der Waals surface area contributed by atoms with Crippen LogP contribution in [0.3, 0.4) is 0 Å². The van der Waals surface area contributed by atoms with Crippen LogP contribution in [-0.4, -0.2) is 38.4 Å². The normalized spacial score (nSPS) is 20.4. The molecule has 21 heavy (non-hydrogen) atoms. The van der Waals surface area contributed by atoms with E-state index in [1.165, 1.54) is 10.4 Å². The third kappa shape index (κ3) is 3.71. The van der Waals surface area contributed by atoms with Gasteiger partial charge in [-0.15, -0.1) is 11.3 Å². The van der Waals surface area contributed by atoms with Crippen LogP contribution >= 0.6 is 34.5 Å². The maximum Gasteiger partial charge on any atom is 0.310 e. The van der Waals surface area contributed by atoms with Gasteiger partial charge in [-0.05, 0) is 25.8 Å². The van der Waals surface area contributed by atoms with Crippen molar-refractivity contribution in [1.29, 1.82) is 0 Å². The predicted molar refractivity (Wildman–Crippen MR) is 82.5 cm³/mol. The van der Waals surface area contributed by atoms with Crippen molar-refractivity contribution < 1.29 is 17.9 Å². The Morgan fingerprint density at radius 2 is 2.24 bits per heavy atom. The Balaban J connectivity index is 2.20. The van der Waals surface area contributed by atoms with E-state index >= 15 is 0 Å². The minimum absolute atomic E-state index is 0.00340. The minimum atomic E-state index is -3.73. The maximum absolute atomic E-state index is 12.6. The second-order valence-electron chi connectivity index (χ2n) is 4.64. The summed E-state index contributed by atoms with van der Waals surface area (Å²) in [7, 11) is -3.73. The van der Waals surface area contributed by atoms with Gasteiger partial charge in [0.05, 0.1) is 16.9 Å². The number of piperidine rings is 1. The van der Waals surface area contributed by atoms with Gasteiger partial charge in [0.15, 0.2) is 0 Å². The van der Waals surface area contributed by atoms with E-state index in [2.05, 4.69) is 0 Å². The molecule has 0 unspecified atom stereocenters. The average Bonchev–Trinajstić information content (AvgIpc) is 2.79. The van der Waals surface area contributed by atoms with Crippen LogP contribution in [0.2, 0.25) is 8.67 Å². The SMILES string of the molecule is CCOC(=O)[C@@H]1CCCN(S(=O)(=O)c2cc(Cl)sc2Cl)C1. The number of thiophene rings is 1. The number of halogens is 2. The zero-order valence-electron chi connectivity index (χ0n) is 11.3. The van der Waals surface area contributed by atoms with E-state index in [1.807, 2.05) is 0 Å². The summed E-state index contributed by atoms with van der Waals surface area (Å²) in [6.45, 7) is 2.49. The lowest BCUT2D eigenvalue weighted by Crippen LogP contribution is -2.42. The minimum Gasteiger partial charge on any atom is -0.466 e. The third-order valence-electron chi connectivity index (χ3n) is 3.25. The first-order chi connectivity index (χ1) is 9.86. The summed E-state index contributed by atoms with van der Waals surface area (Å²) in [4.78, 5) is 11.8. The number of nitrogens with zero attached hydrogens (tertiary/aromatic N) is 1. The number of esters is 1. The van der Waals surface area contributed by atoms with Gasteiger partial charge in [0.1, 0.15) is 9.23 Å². The first-order valence-electron chi connectivity index (χ1n) is 6.48. The van der Waals surface area contributed by atoms with E-state index in [9.17, 15) is 13.2 Å². The number of sulfonamides is 1. The standard InChI is InChI=1S/C12H15Cl2NO4S2/c1-2-19-12(16)8-4-3-5-15(7-8)21(17,18)9-6-10(13)20-11(9)14/h6,8H,2-5,7H2,1H3/t8-/m1/s1. The average molecular weight is 372 g/mol. The fourth-order valence-corrected chi connectivity index (χ4v) is 5.89. The number of hydrogen-bond donors (Lipinski definition) is 0. The van der Waals surface area contributed by atoms with E-state index in [1.54, 1.807) is 6.92 Å². The Morgan fingerprint density at radius 1 is 1.52 bits per heavy atom. The van der Waals surface area contributed by atoms with Gasteiger partial charge >= 0.3 is 5.97 Å². The molecule has 0 aliphatic carbocycles. The Morgan fingerprint density at radius 3 is 2.81 bits per heavy atom. The number of carbonyl (C=O) groups is 1. The summed E-state index contributed by atoms with van der Waals surface area (Å²) in [6.07, 6.45) is 1.24. The number of rotatable bonds is 4. The molecule has 0 spiro atoms. The van der Waals surface area contributed by atoms with Crippen LogP contribution in [0.5, 0.6) is 0 Å². The summed E-state index contributed by atoms with van der Waals surface area (Å²) < 4.78 is 31.9. The molecular formula is C12H15Cl2NO4S2. The van der Waals surface area contributed by atoms with Crippen LogP contribution in [0.1, 0.15) is 19.8 Å². The van der Waals surface area contributed by atoms with Crippen molar-refractivity contribution in [2.75, 3.05) is 19.7 Å². The van der Waals surface area contributed by atoms with Gasteiger partial charge in [-0.1, -0.05) is 23.2 Å². The molecule has 1 fully saturated rings. The summed E-state index contributed by atoms with van der Waals surface area (Å²) in [5.41, 5.74) is 0. The fraction of sp³-hybridized carbons (Fsp3) is 0.583. The van der Waals surface area contributed by atoms with Crippen LogP contribution in [0, 0.1) is 5.92 Å². The lowest BCUT2D eigenvalue weighted by atomic mass is 10.0. The second-order valence-corrected chi connectivity index (χ2v) is 8.83. The zero-order valence-corrected chi connectivity index (χ0v) is 14.5. The maximum atomic E-state index is 12.6. The van der Waals surface area contributed by atoms with Crippen molar-refractivity contribution in [3.8, 4) is 0 Å². The molecule has 9 heteroatoms. The molecule has 2 heterocycles. The van der Waals surface area contributed by atoms with Crippen molar-refractivity contribution >= 4 is 50.5 Å². The van der Waals surface area contributed by atoms with Gasteiger partial charge in [0.2, 0.25) is 10.0 Å². The van der Waals surface area contributed by atoms with Gasteiger partial charge in [-0.25, -0.2) is 8.42 Å². The van der Waals surface area contributed by atoms with Gasteiger partial charge in [0.25, 0.3) is 0 Å². The van der Waals surface area contributed by atoms with Crippen LogP contribution in [0.15, 0.2) is 11.0 Å². The second kappa shape index (κ2) is 6.83. The van der Waals surface area contributed by atoms with Gasteiger partial charge in [0, 0.05) is 13.1 Å². The van der Waals surface area contributed by atoms with Crippen molar-refractivity contribution in [3.05, 3.63) is 14.7 Å². The Hall–Kier alpha value is -0.340. The van der Waals surface area contributed by atoms with E-state index in [-0.39, 0.29) is 28.4 Å². The highest BCUT2D eigenvalue weighted by molar-refractivity contribution is 7.89. The molecule has 5 nitrogen and oxygen atoms in total. The zero-order chi connectivity index (χ0) is 15.6. The smallest absolute Gasteiger partial charge is 0.310 e. The van der Waals surface area contributed by atoms with E-state index in [4.69, 9.17) is 27.9 Å². The molecule has 0 bridgehead atoms. The van der Waals surface area contributed by atoms with Crippen molar-refractivity contribution in [1.82, 2.24) is 4.31 Å². The van der Waals surface area contributed by atoms with Crippen molar-refractivity contribution in [2.45, 2.75) is 24.7 Å². The van der Waals surface area contributed by atoms with Crippen molar-refractivity contribution in [2.24, 2.45) is 5.92 Å². The monoisotopic (exact) mass is 371 g/mol. The fourth-order valence-electron chi connectivity index (χ4n) is 2.25. The van der Waals surface area contributed by atoms with E-state index in [0.717, 1.165) is 11.3 Å². The van der Waals surface area contributed by atoms with Crippen LogP contribution in [-0.2, 0) is 19.6 Å². The van der Waals surface area contributed by atoms with E-state index < -0.39 is 15.9 Å². The molecule has 0 aromatic carbocycles. The molecule has 118 valence electrons. The highest BCUT2D eigenvalue weighted by atomic mass is 35.5. The Labute approximate surface area is 137 Å². The molecule has 1 aromatic rings. The summed E-state index contributed by atoms with van der Waals surface area (Å²) >= 11 is 12.8. The lowest BCUT2D eigenvalue weighted by Gasteiger charge is -2.30. The topological polar surface area (TPSA) is 63.7 Å².